The minimum atomic E-state index is -0.136. The van der Waals surface area contributed by atoms with Crippen LogP contribution in [0.1, 0.15) is 17.2 Å². The number of guanidine groups is 1. The minimum Gasteiger partial charge on any atom is -0.493 e. The van der Waals surface area contributed by atoms with Gasteiger partial charge in [-0.15, -0.1) is 24.0 Å². The molecule has 0 heterocycles. The Kier molecular flexibility index (Phi) is 11.0. The van der Waals surface area contributed by atoms with Crippen molar-refractivity contribution >= 4 is 41.5 Å². The highest BCUT2D eigenvalue weighted by molar-refractivity contribution is 14.0. The van der Waals surface area contributed by atoms with Crippen molar-refractivity contribution in [3.05, 3.63) is 58.6 Å². The summed E-state index contributed by atoms with van der Waals surface area (Å²) in [6.45, 7) is 1.15. The molecule has 6 nitrogen and oxygen atoms in total. The van der Waals surface area contributed by atoms with E-state index >= 15 is 0 Å². The third kappa shape index (κ3) is 7.03. The summed E-state index contributed by atoms with van der Waals surface area (Å²) in [5.41, 5.74) is 2.06. The van der Waals surface area contributed by atoms with Crippen LogP contribution < -0.4 is 20.1 Å². The van der Waals surface area contributed by atoms with Crippen molar-refractivity contribution < 1.29 is 14.2 Å². The molecule has 2 rings (SSSR count). The monoisotopic (exact) mass is 519 g/mol. The SMILES string of the molecule is CN=C(NCc1ccc(OC)c(OC)c1)NCC(OC)c1cccc(Cl)c1.I. The molecule has 154 valence electrons. The van der Waals surface area contributed by atoms with E-state index in [1.807, 2.05) is 42.5 Å². The zero-order chi connectivity index (χ0) is 19.6. The minimum absolute atomic E-state index is 0. The van der Waals surface area contributed by atoms with Gasteiger partial charge >= 0.3 is 0 Å². The number of ether oxygens (including phenoxy) is 3. The Morgan fingerprint density at radius 3 is 2.39 bits per heavy atom. The fraction of sp³-hybridized carbons (Fsp3) is 0.350. The van der Waals surface area contributed by atoms with Gasteiger partial charge in [-0.2, -0.15) is 0 Å². The molecule has 2 N–H and O–H groups in total. The van der Waals surface area contributed by atoms with Gasteiger partial charge in [0.15, 0.2) is 17.5 Å². The lowest BCUT2D eigenvalue weighted by molar-refractivity contribution is 0.106. The summed E-state index contributed by atoms with van der Waals surface area (Å²) in [7, 11) is 6.64. The summed E-state index contributed by atoms with van der Waals surface area (Å²) in [5.74, 6) is 2.07. The molecule has 0 saturated heterocycles. The predicted molar refractivity (Wildman–Crippen MR) is 124 cm³/mol. The first-order chi connectivity index (χ1) is 13.1. The number of methoxy groups -OCH3 is 3. The van der Waals surface area contributed by atoms with Crippen LogP contribution in [0.15, 0.2) is 47.5 Å². The summed E-state index contributed by atoms with van der Waals surface area (Å²) in [4.78, 5) is 4.25. The lowest BCUT2D eigenvalue weighted by atomic mass is 10.1. The van der Waals surface area contributed by atoms with E-state index in [4.69, 9.17) is 25.8 Å². The topological polar surface area (TPSA) is 64.1 Å². The quantitative estimate of drug-likeness (QED) is 0.313. The summed E-state index contributed by atoms with van der Waals surface area (Å²) < 4.78 is 16.2. The molecule has 8 heteroatoms. The fourth-order valence-corrected chi connectivity index (χ4v) is 2.83. The number of nitrogens with zero attached hydrogens (tertiary/aromatic N) is 1. The lowest BCUT2D eigenvalue weighted by Gasteiger charge is -2.19. The first-order valence-electron chi connectivity index (χ1n) is 8.55. The highest BCUT2D eigenvalue weighted by Crippen LogP contribution is 2.27. The molecule has 0 spiro atoms. The van der Waals surface area contributed by atoms with E-state index in [2.05, 4.69) is 15.6 Å². The van der Waals surface area contributed by atoms with Crippen LogP contribution >= 0.6 is 35.6 Å². The molecule has 0 fully saturated rings. The zero-order valence-electron chi connectivity index (χ0n) is 16.5. The summed E-state index contributed by atoms with van der Waals surface area (Å²) in [6.07, 6.45) is -0.136. The van der Waals surface area contributed by atoms with Crippen LogP contribution in [0.5, 0.6) is 11.5 Å². The highest BCUT2D eigenvalue weighted by atomic mass is 127. The number of hydrogen-bond donors (Lipinski definition) is 2. The molecule has 0 aromatic heterocycles. The Morgan fingerprint density at radius 2 is 1.79 bits per heavy atom. The molecule has 1 atom stereocenters. The lowest BCUT2D eigenvalue weighted by Crippen LogP contribution is -2.39. The molecular formula is C20H27ClIN3O3. The van der Waals surface area contributed by atoms with Crippen LogP contribution in [-0.4, -0.2) is 40.9 Å². The zero-order valence-corrected chi connectivity index (χ0v) is 19.6. The molecule has 0 aliphatic rings. The van der Waals surface area contributed by atoms with Crippen LogP contribution in [-0.2, 0) is 11.3 Å². The van der Waals surface area contributed by atoms with Gasteiger partial charge in [0.1, 0.15) is 0 Å². The second-order valence-electron chi connectivity index (χ2n) is 5.78. The van der Waals surface area contributed by atoms with Gasteiger partial charge in [-0.05, 0) is 35.4 Å². The Balaban J connectivity index is 0.00000392. The molecule has 1 unspecified atom stereocenters. The van der Waals surface area contributed by atoms with E-state index in [1.54, 1.807) is 28.4 Å². The normalized spacial score (nSPS) is 12.0. The van der Waals surface area contributed by atoms with Gasteiger partial charge in [-0.3, -0.25) is 4.99 Å². The molecule has 28 heavy (non-hydrogen) atoms. The van der Waals surface area contributed by atoms with Gasteiger partial charge in [0, 0.05) is 32.3 Å². The average molecular weight is 520 g/mol. The molecule has 0 bridgehead atoms. The first kappa shape index (κ1) is 24.3. The molecular weight excluding hydrogens is 493 g/mol. The molecule has 0 saturated carbocycles. The number of aliphatic imine (C=N–C) groups is 1. The fourth-order valence-electron chi connectivity index (χ4n) is 2.63. The molecule has 0 aliphatic carbocycles. The number of hydrogen-bond acceptors (Lipinski definition) is 4. The highest BCUT2D eigenvalue weighted by Gasteiger charge is 2.12. The van der Waals surface area contributed by atoms with E-state index in [-0.39, 0.29) is 30.1 Å². The summed E-state index contributed by atoms with van der Waals surface area (Å²) >= 11 is 6.07. The van der Waals surface area contributed by atoms with Crippen molar-refractivity contribution in [2.75, 3.05) is 34.9 Å². The van der Waals surface area contributed by atoms with E-state index < -0.39 is 0 Å². The third-order valence-corrected chi connectivity index (χ3v) is 4.33. The van der Waals surface area contributed by atoms with E-state index in [9.17, 15) is 0 Å². The van der Waals surface area contributed by atoms with Crippen molar-refractivity contribution in [3.63, 3.8) is 0 Å². The van der Waals surface area contributed by atoms with Gasteiger partial charge in [-0.1, -0.05) is 29.8 Å². The van der Waals surface area contributed by atoms with Gasteiger partial charge in [0.2, 0.25) is 0 Å². The Bertz CT molecular complexity index is 774. The number of halogens is 2. The van der Waals surface area contributed by atoms with Gasteiger partial charge in [-0.25, -0.2) is 0 Å². The van der Waals surface area contributed by atoms with Crippen molar-refractivity contribution in [1.29, 1.82) is 0 Å². The maximum atomic E-state index is 6.07. The van der Waals surface area contributed by atoms with Gasteiger partial charge in [0.05, 0.1) is 20.3 Å². The third-order valence-electron chi connectivity index (χ3n) is 4.09. The van der Waals surface area contributed by atoms with Gasteiger partial charge in [0.25, 0.3) is 0 Å². The van der Waals surface area contributed by atoms with Gasteiger partial charge < -0.3 is 24.8 Å². The maximum Gasteiger partial charge on any atom is 0.191 e. The van der Waals surface area contributed by atoms with Crippen LogP contribution in [0.2, 0.25) is 5.02 Å². The molecule has 0 amide bonds. The number of benzene rings is 2. The maximum absolute atomic E-state index is 6.07. The largest absolute Gasteiger partial charge is 0.493 e. The second kappa shape index (κ2) is 12.7. The standard InChI is InChI=1S/C20H26ClN3O3.HI/c1-22-20(23-12-14-8-9-17(25-2)18(10-14)26-3)24-13-19(27-4)15-6-5-7-16(21)11-15;/h5-11,19H,12-13H2,1-4H3,(H2,22,23,24);1H. The van der Waals surface area contributed by atoms with Crippen LogP contribution in [0.4, 0.5) is 0 Å². The van der Waals surface area contributed by atoms with Crippen molar-refractivity contribution in [3.8, 4) is 11.5 Å². The van der Waals surface area contributed by atoms with E-state index in [1.165, 1.54) is 0 Å². The first-order valence-corrected chi connectivity index (χ1v) is 8.92. The Morgan fingerprint density at radius 1 is 1.04 bits per heavy atom. The summed E-state index contributed by atoms with van der Waals surface area (Å²) in [6, 6.07) is 13.4. The van der Waals surface area contributed by atoms with Crippen LogP contribution in [0, 0.1) is 0 Å². The Labute approximate surface area is 188 Å². The smallest absolute Gasteiger partial charge is 0.191 e. The summed E-state index contributed by atoms with van der Waals surface area (Å²) in [5, 5.41) is 7.24. The van der Waals surface area contributed by atoms with Crippen molar-refractivity contribution in [2.24, 2.45) is 4.99 Å². The van der Waals surface area contributed by atoms with E-state index in [0.717, 1.165) is 11.1 Å². The van der Waals surface area contributed by atoms with Crippen LogP contribution in [0.3, 0.4) is 0 Å². The molecule has 0 radical (unpaired) electrons. The average Bonchev–Trinajstić information content (AvgIpc) is 2.70. The number of nitrogens with one attached hydrogen (secondary N) is 2. The van der Waals surface area contributed by atoms with Crippen LogP contribution in [0.25, 0.3) is 0 Å². The number of rotatable bonds is 8. The van der Waals surface area contributed by atoms with E-state index in [0.29, 0.717) is 35.6 Å². The van der Waals surface area contributed by atoms with Crippen molar-refractivity contribution in [2.45, 2.75) is 12.6 Å². The molecule has 2 aromatic rings. The predicted octanol–water partition coefficient (Wildman–Crippen LogP) is 4.03. The molecule has 2 aromatic carbocycles. The second-order valence-corrected chi connectivity index (χ2v) is 6.21. The molecule has 0 aliphatic heterocycles. The van der Waals surface area contributed by atoms with Crippen molar-refractivity contribution in [1.82, 2.24) is 10.6 Å². The Hall–Kier alpha value is -1.71.